The molecular weight excluding hydrogens is 306 g/mol. The third kappa shape index (κ3) is 6.48. The molecule has 0 bridgehead atoms. The maximum atomic E-state index is 12.0. The van der Waals surface area contributed by atoms with Gasteiger partial charge in [-0.05, 0) is 32.4 Å². The summed E-state index contributed by atoms with van der Waals surface area (Å²) in [5.74, 6) is 1.27. The number of hydrogen-bond donors (Lipinski definition) is 2. The number of benzene rings is 1. The molecule has 0 radical (unpaired) electrons. The van der Waals surface area contributed by atoms with E-state index < -0.39 is 10.8 Å². The second-order valence-electron chi connectivity index (χ2n) is 5.61. The molecule has 0 aliphatic carbocycles. The summed E-state index contributed by atoms with van der Waals surface area (Å²) in [5.41, 5.74) is 1.01. The van der Waals surface area contributed by atoms with Gasteiger partial charge in [-0.1, -0.05) is 29.8 Å². The molecule has 4 nitrogen and oxygen atoms in total. The molecular formula is C15H24ClN3OS. The van der Waals surface area contributed by atoms with Gasteiger partial charge < -0.3 is 10.6 Å². The number of nitrogens with zero attached hydrogens (tertiary/aromatic N) is 1. The summed E-state index contributed by atoms with van der Waals surface area (Å²) in [6, 6.07) is 7.69. The lowest BCUT2D eigenvalue weighted by Gasteiger charge is -2.18. The summed E-state index contributed by atoms with van der Waals surface area (Å²) in [5, 5.41) is 7.09. The molecule has 1 unspecified atom stereocenters. The Labute approximate surface area is 134 Å². The molecule has 0 aliphatic heterocycles. The predicted molar refractivity (Wildman–Crippen MR) is 92.4 cm³/mol. The van der Waals surface area contributed by atoms with Crippen LogP contribution in [0.3, 0.4) is 0 Å². The second kappa shape index (κ2) is 8.39. The fourth-order valence-corrected chi connectivity index (χ4v) is 2.71. The van der Waals surface area contributed by atoms with Crippen LogP contribution in [0.5, 0.6) is 0 Å². The van der Waals surface area contributed by atoms with Crippen LogP contribution >= 0.6 is 11.6 Å². The summed E-state index contributed by atoms with van der Waals surface area (Å²) < 4.78 is 11.8. The monoisotopic (exact) mass is 329 g/mol. The van der Waals surface area contributed by atoms with Crippen LogP contribution in [-0.4, -0.2) is 34.3 Å². The van der Waals surface area contributed by atoms with E-state index in [1.807, 2.05) is 45.0 Å². The van der Waals surface area contributed by atoms with Crippen LogP contribution in [0.2, 0.25) is 5.02 Å². The highest BCUT2D eigenvalue weighted by Gasteiger charge is 2.18. The summed E-state index contributed by atoms with van der Waals surface area (Å²) in [6.07, 6.45) is 0. The summed E-state index contributed by atoms with van der Waals surface area (Å²) in [7, 11) is 0.845. The van der Waals surface area contributed by atoms with Crippen LogP contribution in [0.25, 0.3) is 0 Å². The summed E-state index contributed by atoms with van der Waals surface area (Å²) >= 11 is 6.11. The van der Waals surface area contributed by atoms with Gasteiger partial charge in [0.15, 0.2) is 5.96 Å². The van der Waals surface area contributed by atoms with Gasteiger partial charge in [0.2, 0.25) is 0 Å². The normalized spacial score (nSPS) is 13.9. The van der Waals surface area contributed by atoms with Crippen molar-refractivity contribution >= 4 is 28.4 Å². The average molecular weight is 330 g/mol. The van der Waals surface area contributed by atoms with Crippen molar-refractivity contribution in [3.05, 3.63) is 34.9 Å². The van der Waals surface area contributed by atoms with Gasteiger partial charge in [-0.3, -0.25) is 9.20 Å². The van der Waals surface area contributed by atoms with Gasteiger partial charge in [0, 0.05) is 46.5 Å². The molecule has 1 aromatic carbocycles. The molecule has 2 N–H and O–H groups in total. The van der Waals surface area contributed by atoms with Crippen molar-refractivity contribution in [3.63, 3.8) is 0 Å². The highest BCUT2D eigenvalue weighted by molar-refractivity contribution is 7.86. The van der Waals surface area contributed by atoms with E-state index in [4.69, 9.17) is 11.6 Å². The highest BCUT2D eigenvalue weighted by atomic mass is 35.5. The second-order valence-corrected chi connectivity index (χ2v) is 8.34. The minimum atomic E-state index is -0.866. The first-order valence-corrected chi connectivity index (χ1v) is 8.60. The van der Waals surface area contributed by atoms with E-state index in [0.717, 1.165) is 10.6 Å². The number of rotatable bonds is 5. The Balaban J connectivity index is 2.40. The summed E-state index contributed by atoms with van der Waals surface area (Å²) in [6.45, 7) is 7.16. The number of nitrogens with one attached hydrogen (secondary N) is 2. The first-order chi connectivity index (χ1) is 9.84. The molecule has 0 saturated carbocycles. The number of aliphatic imine (C=N–C) groups is 1. The van der Waals surface area contributed by atoms with Crippen LogP contribution in [0.4, 0.5) is 0 Å². The van der Waals surface area contributed by atoms with Crippen LogP contribution < -0.4 is 10.6 Å². The Kier molecular flexibility index (Phi) is 7.18. The average Bonchev–Trinajstić information content (AvgIpc) is 2.42. The third-order valence-electron chi connectivity index (χ3n) is 2.89. The topological polar surface area (TPSA) is 53.5 Å². The van der Waals surface area contributed by atoms with Crippen molar-refractivity contribution in [1.29, 1.82) is 0 Å². The van der Waals surface area contributed by atoms with Gasteiger partial charge >= 0.3 is 0 Å². The predicted octanol–water partition coefficient (Wildman–Crippen LogP) is 2.55. The van der Waals surface area contributed by atoms with Gasteiger partial charge in [-0.25, -0.2) is 0 Å². The SMILES string of the molecule is CN=C(NCCS(=O)C(C)(C)C)NCc1ccccc1Cl. The first-order valence-electron chi connectivity index (χ1n) is 6.91. The lowest BCUT2D eigenvalue weighted by molar-refractivity contribution is 0.647. The number of guanidine groups is 1. The quantitative estimate of drug-likeness (QED) is 0.645. The van der Waals surface area contributed by atoms with Crippen LogP contribution in [0.15, 0.2) is 29.3 Å². The molecule has 0 saturated heterocycles. The fourth-order valence-electron chi connectivity index (χ4n) is 1.61. The van der Waals surface area contributed by atoms with Gasteiger partial charge in [0.1, 0.15) is 0 Å². The van der Waals surface area contributed by atoms with E-state index in [9.17, 15) is 4.21 Å². The van der Waals surface area contributed by atoms with Crippen molar-refractivity contribution < 1.29 is 4.21 Å². The van der Waals surface area contributed by atoms with Crippen LogP contribution in [-0.2, 0) is 17.3 Å². The molecule has 0 aliphatic rings. The zero-order valence-electron chi connectivity index (χ0n) is 13.1. The van der Waals surface area contributed by atoms with Crippen molar-refractivity contribution in [1.82, 2.24) is 10.6 Å². The Morgan fingerprint density at radius 2 is 1.95 bits per heavy atom. The Hall–Kier alpha value is -1.07. The zero-order valence-corrected chi connectivity index (χ0v) is 14.6. The smallest absolute Gasteiger partial charge is 0.191 e. The van der Waals surface area contributed by atoms with E-state index in [1.165, 1.54) is 0 Å². The van der Waals surface area contributed by atoms with Crippen molar-refractivity contribution in [2.75, 3.05) is 19.3 Å². The third-order valence-corrected chi connectivity index (χ3v) is 5.20. The molecule has 0 heterocycles. The van der Waals surface area contributed by atoms with E-state index >= 15 is 0 Å². The molecule has 0 fully saturated rings. The van der Waals surface area contributed by atoms with Gasteiger partial charge in [-0.15, -0.1) is 0 Å². The minimum Gasteiger partial charge on any atom is -0.355 e. The van der Waals surface area contributed by atoms with E-state index in [1.54, 1.807) is 7.05 Å². The molecule has 0 aromatic heterocycles. The lowest BCUT2D eigenvalue weighted by atomic mass is 10.2. The maximum absolute atomic E-state index is 12.0. The van der Waals surface area contributed by atoms with Crippen LogP contribution in [0, 0.1) is 0 Å². The lowest BCUT2D eigenvalue weighted by Crippen LogP contribution is -2.40. The molecule has 6 heteroatoms. The maximum Gasteiger partial charge on any atom is 0.191 e. The summed E-state index contributed by atoms with van der Waals surface area (Å²) in [4.78, 5) is 4.14. The van der Waals surface area contributed by atoms with Crippen LogP contribution in [0.1, 0.15) is 26.3 Å². The van der Waals surface area contributed by atoms with E-state index in [2.05, 4.69) is 15.6 Å². The molecule has 118 valence electrons. The standard InChI is InChI=1S/C15H24ClN3OS/c1-15(2,3)21(20)10-9-18-14(17-4)19-11-12-7-5-6-8-13(12)16/h5-8H,9-11H2,1-4H3,(H2,17,18,19). The Morgan fingerprint density at radius 3 is 2.52 bits per heavy atom. The van der Waals surface area contributed by atoms with Crippen molar-refractivity contribution in [2.24, 2.45) is 4.99 Å². The fraction of sp³-hybridized carbons (Fsp3) is 0.533. The van der Waals surface area contributed by atoms with Gasteiger partial charge in [0.05, 0.1) is 0 Å². The van der Waals surface area contributed by atoms with Gasteiger partial charge in [0.25, 0.3) is 0 Å². The zero-order chi connectivity index (χ0) is 15.9. The molecule has 21 heavy (non-hydrogen) atoms. The first kappa shape index (κ1) is 18.0. The van der Waals surface area contributed by atoms with Crippen molar-refractivity contribution in [3.8, 4) is 0 Å². The Morgan fingerprint density at radius 1 is 1.29 bits per heavy atom. The number of halogens is 1. The number of hydrogen-bond acceptors (Lipinski definition) is 2. The largest absolute Gasteiger partial charge is 0.355 e. The Bertz CT molecular complexity index is 512. The molecule has 0 spiro atoms. The highest BCUT2D eigenvalue weighted by Crippen LogP contribution is 2.14. The van der Waals surface area contributed by atoms with E-state index in [0.29, 0.717) is 24.8 Å². The van der Waals surface area contributed by atoms with Crippen molar-refractivity contribution in [2.45, 2.75) is 32.1 Å². The minimum absolute atomic E-state index is 0.184. The van der Waals surface area contributed by atoms with E-state index in [-0.39, 0.29) is 4.75 Å². The molecule has 1 rings (SSSR count). The molecule has 1 atom stereocenters. The van der Waals surface area contributed by atoms with Gasteiger partial charge in [-0.2, -0.15) is 0 Å². The molecule has 1 aromatic rings. The molecule has 0 amide bonds.